The van der Waals surface area contributed by atoms with Crippen molar-refractivity contribution in [2.45, 2.75) is 19.5 Å². The molecule has 20 heavy (non-hydrogen) atoms. The number of halogens is 3. The van der Waals surface area contributed by atoms with Crippen LogP contribution >= 0.6 is 11.6 Å². The summed E-state index contributed by atoms with van der Waals surface area (Å²) < 4.78 is 33.6. The fraction of sp³-hybridized carbons (Fsp3) is 0.462. The number of carbonyl (C=O) groups excluding carboxylic acids is 1. The molecule has 1 fully saturated rings. The summed E-state index contributed by atoms with van der Waals surface area (Å²) in [5.41, 5.74) is 0.452. The van der Waals surface area contributed by atoms with Crippen molar-refractivity contribution in [2.24, 2.45) is 5.92 Å². The number of ether oxygens (including phenoxy) is 2. The van der Waals surface area contributed by atoms with E-state index in [2.05, 4.69) is 10.1 Å². The molecule has 0 bridgehead atoms. The van der Waals surface area contributed by atoms with Crippen LogP contribution in [0.15, 0.2) is 18.2 Å². The highest BCUT2D eigenvalue weighted by atomic mass is 35.5. The first-order valence-electron chi connectivity index (χ1n) is 6.19. The van der Waals surface area contributed by atoms with Gasteiger partial charge < -0.3 is 14.8 Å². The average Bonchev–Trinajstić information content (AvgIpc) is 2.42. The molecule has 110 valence electrons. The van der Waals surface area contributed by atoms with Crippen LogP contribution in [-0.2, 0) is 9.53 Å². The van der Waals surface area contributed by atoms with Gasteiger partial charge in [-0.25, -0.2) is 0 Å². The van der Waals surface area contributed by atoms with E-state index in [1.165, 1.54) is 18.2 Å². The summed E-state index contributed by atoms with van der Waals surface area (Å²) >= 11 is 5.81. The Bertz CT molecular complexity index is 479. The molecule has 0 aromatic heterocycles. The minimum absolute atomic E-state index is 0.0232. The molecule has 1 saturated heterocycles. The Morgan fingerprint density at radius 1 is 1.40 bits per heavy atom. The highest BCUT2D eigenvalue weighted by Crippen LogP contribution is 2.29. The third kappa shape index (κ3) is 4.05. The summed E-state index contributed by atoms with van der Waals surface area (Å²) in [6, 6.07) is 4.16. The van der Waals surface area contributed by atoms with Gasteiger partial charge in [0, 0.05) is 24.8 Å². The van der Waals surface area contributed by atoms with Crippen molar-refractivity contribution in [1.82, 2.24) is 0 Å². The number of hydrogen-bond acceptors (Lipinski definition) is 3. The van der Waals surface area contributed by atoms with Crippen molar-refractivity contribution in [3.05, 3.63) is 23.2 Å². The second-order valence-electron chi connectivity index (χ2n) is 4.40. The maximum Gasteiger partial charge on any atom is 0.387 e. The van der Waals surface area contributed by atoms with Crippen LogP contribution in [0, 0.1) is 5.92 Å². The second-order valence-corrected chi connectivity index (χ2v) is 4.81. The quantitative estimate of drug-likeness (QED) is 0.928. The summed E-state index contributed by atoms with van der Waals surface area (Å²) in [5.74, 6) is -0.336. The Labute approximate surface area is 120 Å². The van der Waals surface area contributed by atoms with Crippen LogP contribution in [0.25, 0.3) is 0 Å². The predicted octanol–water partition coefficient (Wildman–Crippen LogP) is 3.31. The molecule has 4 nitrogen and oxygen atoms in total. The summed E-state index contributed by atoms with van der Waals surface area (Å²) in [7, 11) is 0. The number of nitrogens with one attached hydrogen (secondary N) is 1. The molecule has 1 aromatic rings. The maximum absolute atomic E-state index is 12.1. The van der Waals surface area contributed by atoms with Gasteiger partial charge >= 0.3 is 6.61 Å². The Morgan fingerprint density at radius 3 is 2.70 bits per heavy atom. The third-order valence-electron chi connectivity index (χ3n) is 3.01. The first-order chi connectivity index (χ1) is 9.56. The van der Waals surface area contributed by atoms with E-state index >= 15 is 0 Å². The van der Waals surface area contributed by atoms with Crippen LogP contribution in [0.4, 0.5) is 14.5 Å². The highest BCUT2D eigenvalue weighted by molar-refractivity contribution is 6.32. The van der Waals surface area contributed by atoms with E-state index in [9.17, 15) is 13.6 Å². The number of anilines is 1. The molecular weight excluding hydrogens is 292 g/mol. The fourth-order valence-corrected chi connectivity index (χ4v) is 2.20. The Balaban J connectivity index is 1.99. The van der Waals surface area contributed by atoms with Crippen molar-refractivity contribution in [3.8, 4) is 5.75 Å². The number of alkyl halides is 2. The monoisotopic (exact) mass is 305 g/mol. The number of rotatable bonds is 4. The molecule has 0 unspecified atom stereocenters. The summed E-state index contributed by atoms with van der Waals surface area (Å²) in [5, 5.41) is 2.73. The van der Waals surface area contributed by atoms with Gasteiger partial charge in [0.15, 0.2) is 0 Å². The van der Waals surface area contributed by atoms with Gasteiger partial charge in [0.1, 0.15) is 5.75 Å². The van der Waals surface area contributed by atoms with Gasteiger partial charge in [-0.15, -0.1) is 0 Å². The summed E-state index contributed by atoms with van der Waals surface area (Å²) in [4.78, 5) is 12.0. The lowest BCUT2D eigenvalue weighted by molar-refractivity contribution is -0.122. The van der Waals surface area contributed by atoms with Crippen LogP contribution in [0.5, 0.6) is 5.75 Å². The molecule has 2 rings (SSSR count). The lowest BCUT2D eigenvalue weighted by atomic mass is 9.99. The van der Waals surface area contributed by atoms with E-state index in [-0.39, 0.29) is 22.6 Å². The van der Waals surface area contributed by atoms with Gasteiger partial charge in [-0.2, -0.15) is 8.78 Å². The zero-order valence-corrected chi connectivity index (χ0v) is 11.3. The minimum atomic E-state index is -2.94. The van der Waals surface area contributed by atoms with Crippen LogP contribution < -0.4 is 10.1 Å². The van der Waals surface area contributed by atoms with E-state index in [1.54, 1.807) is 0 Å². The van der Waals surface area contributed by atoms with E-state index < -0.39 is 6.61 Å². The standard InChI is InChI=1S/C13H14ClF2NO3/c14-10-7-9(1-2-11(10)20-13(15)16)17-12(18)8-3-5-19-6-4-8/h1-2,7-8,13H,3-6H2,(H,17,18). The lowest BCUT2D eigenvalue weighted by Gasteiger charge is -2.21. The SMILES string of the molecule is O=C(Nc1ccc(OC(F)F)c(Cl)c1)C1CCOCC1. The van der Waals surface area contributed by atoms with Crippen molar-refractivity contribution >= 4 is 23.2 Å². The average molecular weight is 306 g/mol. The second kappa shape index (κ2) is 6.85. The molecule has 0 aliphatic carbocycles. The molecule has 0 saturated carbocycles. The molecule has 0 radical (unpaired) electrons. The van der Waals surface area contributed by atoms with Gasteiger partial charge in [0.2, 0.25) is 5.91 Å². The summed E-state index contributed by atoms with van der Waals surface area (Å²) in [6.07, 6.45) is 1.35. The maximum atomic E-state index is 12.1. The van der Waals surface area contributed by atoms with Crippen molar-refractivity contribution < 1.29 is 23.0 Å². The number of carbonyl (C=O) groups is 1. The smallest absolute Gasteiger partial charge is 0.387 e. The molecule has 0 atom stereocenters. The Kier molecular flexibility index (Phi) is 5.14. The van der Waals surface area contributed by atoms with Crippen LogP contribution in [0.3, 0.4) is 0 Å². The number of hydrogen-bond donors (Lipinski definition) is 1. The number of amides is 1. The van der Waals surface area contributed by atoms with E-state index in [4.69, 9.17) is 16.3 Å². The lowest BCUT2D eigenvalue weighted by Crippen LogP contribution is -2.28. The largest absolute Gasteiger partial charge is 0.433 e. The van der Waals surface area contributed by atoms with Gasteiger partial charge in [-0.1, -0.05) is 11.6 Å². The third-order valence-corrected chi connectivity index (χ3v) is 3.30. The van der Waals surface area contributed by atoms with Crippen LogP contribution in [-0.4, -0.2) is 25.7 Å². The number of benzene rings is 1. The molecular formula is C13H14ClF2NO3. The molecule has 1 amide bonds. The molecule has 1 aliphatic heterocycles. The zero-order valence-electron chi connectivity index (χ0n) is 10.6. The zero-order chi connectivity index (χ0) is 14.5. The molecule has 1 aliphatic rings. The van der Waals surface area contributed by atoms with Crippen LogP contribution in [0.2, 0.25) is 5.02 Å². The topological polar surface area (TPSA) is 47.6 Å². The predicted molar refractivity (Wildman–Crippen MR) is 70.3 cm³/mol. The summed E-state index contributed by atoms with van der Waals surface area (Å²) in [6.45, 7) is -1.80. The normalized spacial score (nSPS) is 16.2. The van der Waals surface area contributed by atoms with Gasteiger partial charge in [0.25, 0.3) is 0 Å². The highest BCUT2D eigenvalue weighted by Gasteiger charge is 2.21. The fourth-order valence-electron chi connectivity index (χ4n) is 1.97. The molecule has 0 spiro atoms. The Morgan fingerprint density at radius 2 is 2.10 bits per heavy atom. The van der Waals surface area contributed by atoms with Gasteiger partial charge in [0.05, 0.1) is 5.02 Å². The molecule has 1 N–H and O–H groups in total. The van der Waals surface area contributed by atoms with Crippen LogP contribution in [0.1, 0.15) is 12.8 Å². The van der Waals surface area contributed by atoms with Crippen molar-refractivity contribution in [1.29, 1.82) is 0 Å². The van der Waals surface area contributed by atoms with E-state index in [0.717, 1.165) is 0 Å². The first-order valence-corrected chi connectivity index (χ1v) is 6.57. The van der Waals surface area contributed by atoms with E-state index in [1.807, 2.05) is 0 Å². The molecule has 1 heterocycles. The van der Waals surface area contributed by atoms with Crippen molar-refractivity contribution in [2.75, 3.05) is 18.5 Å². The Hall–Kier alpha value is -1.40. The van der Waals surface area contributed by atoms with Gasteiger partial charge in [-0.05, 0) is 31.0 Å². The minimum Gasteiger partial charge on any atom is -0.433 e. The van der Waals surface area contributed by atoms with Crippen molar-refractivity contribution in [3.63, 3.8) is 0 Å². The van der Waals surface area contributed by atoms with Gasteiger partial charge in [-0.3, -0.25) is 4.79 Å². The molecule has 1 aromatic carbocycles. The molecule has 7 heteroatoms. The van der Waals surface area contributed by atoms with E-state index in [0.29, 0.717) is 31.7 Å². The first kappa shape index (κ1) is 15.0.